The highest BCUT2D eigenvalue weighted by atomic mass is 32.1. The van der Waals surface area contributed by atoms with Gasteiger partial charge in [-0.3, -0.25) is 0 Å². The van der Waals surface area contributed by atoms with Crippen LogP contribution in [0, 0.1) is 5.92 Å². The van der Waals surface area contributed by atoms with Gasteiger partial charge < -0.3 is 4.74 Å². The van der Waals surface area contributed by atoms with E-state index >= 15 is 0 Å². The van der Waals surface area contributed by atoms with E-state index in [1.165, 1.54) is 0 Å². The summed E-state index contributed by atoms with van der Waals surface area (Å²) in [7, 11) is 0. The van der Waals surface area contributed by atoms with Crippen LogP contribution in [0.15, 0.2) is 0 Å². The third-order valence-electron chi connectivity index (χ3n) is 1.99. The maximum atomic E-state index is 12.3. The quantitative estimate of drug-likeness (QED) is 0.394. The minimum Gasteiger partial charge on any atom is -0.375 e. The van der Waals surface area contributed by atoms with E-state index in [4.69, 9.17) is 0 Å². The second-order valence-electron chi connectivity index (χ2n) is 3.52. The Morgan fingerprint density at radius 1 is 1.27 bits per heavy atom. The van der Waals surface area contributed by atoms with Gasteiger partial charge in [0.15, 0.2) is 0 Å². The Labute approximate surface area is 92.6 Å². The Morgan fingerprint density at radius 2 is 1.87 bits per heavy atom. The van der Waals surface area contributed by atoms with Crippen LogP contribution in [0.25, 0.3) is 0 Å². The van der Waals surface area contributed by atoms with Gasteiger partial charge in [0.2, 0.25) is 0 Å². The molecule has 0 aromatic carbocycles. The van der Waals surface area contributed by atoms with E-state index in [0.717, 1.165) is 6.42 Å². The molecule has 0 heterocycles. The molecule has 0 aromatic heterocycles. The van der Waals surface area contributed by atoms with Crippen molar-refractivity contribution in [3.8, 4) is 0 Å². The van der Waals surface area contributed by atoms with Crippen LogP contribution in [-0.2, 0) is 4.74 Å². The maximum absolute atomic E-state index is 12.3. The molecule has 0 saturated heterocycles. The van der Waals surface area contributed by atoms with Crippen molar-refractivity contribution in [1.82, 2.24) is 0 Å². The van der Waals surface area contributed by atoms with E-state index in [9.17, 15) is 17.6 Å². The SMILES string of the molecule is CC(CCS)CCOCC(F)(F)C(F)F. The first kappa shape index (κ1) is 15.0. The molecule has 0 rings (SSSR count). The molecular weight excluding hydrogens is 232 g/mol. The monoisotopic (exact) mass is 248 g/mol. The topological polar surface area (TPSA) is 9.23 Å². The number of alkyl halides is 4. The lowest BCUT2D eigenvalue weighted by atomic mass is 10.1. The Bertz CT molecular complexity index is 166. The zero-order valence-corrected chi connectivity index (χ0v) is 9.45. The molecule has 1 unspecified atom stereocenters. The lowest BCUT2D eigenvalue weighted by Gasteiger charge is -2.16. The van der Waals surface area contributed by atoms with E-state index in [-0.39, 0.29) is 6.61 Å². The summed E-state index contributed by atoms with van der Waals surface area (Å²) >= 11 is 4.02. The van der Waals surface area contributed by atoms with Crippen LogP contribution in [0.5, 0.6) is 0 Å². The Kier molecular flexibility index (Phi) is 7.34. The molecule has 0 radical (unpaired) electrons. The van der Waals surface area contributed by atoms with Crippen molar-refractivity contribution < 1.29 is 22.3 Å². The fourth-order valence-electron chi connectivity index (χ4n) is 0.920. The van der Waals surface area contributed by atoms with Gasteiger partial charge in [-0.1, -0.05) is 6.92 Å². The zero-order valence-electron chi connectivity index (χ0n) is 8.56. The highest BCUT2D eigenvalue weighted by Crippen LogP contribution is 2.23. The van der Waals surface area contributed by atoms with Crippen molar-refractivity contribution in [3.63, 3.8) is 0 Å². The molecule has 15 heavy (non-hydrogen) atoms. The number of hydrogen-bond acceptors (Lipinski definition) is 2. The normalized spacial score (nSPS) is 14.6. The average Bonchev–Trinajstić information content (AvgIpc) is 2.13. The number of halogens is 4. The fraction of sp³-hybridized carbons (Fsp3) is 1.00. The van der Waals surface area contributed by atoms with Gasteiger partial charge in [-0.15, -0.1) is 0 Å². The van der Waals surface area contributed by atoms with Crippen LogP contribution in [0.3, 0.4) is 0 Å². The molecule has 0 N–H and O–H groups in total. The molecular formula is C9H16F4OS. The smallest absolute Gasteiger partial charge is 0.330 e. The summed E-state index contributed by atoms with van der Waals surface area (Å²) in [6.07, 6.45) is -2.22. The molecule has 0 aliphatic heterocycles. The van der Waals surface area contributed by atoms with Gasteiger partial charge in [0.1, 0.15) is 6.61 Å². The Balaban J connectivity index is 3.54. The van der Waals surface area contributed by atoms with Gasteiger partial charge in [-0.2, -0.15) is 21.4 Å². The van der Waals surface area contributed by atoms with Crippen LogP contribution in [0.1, 0.15) is 19.8 Å². The summed E-state index contributed by atoms with van der Waals surface area (Å²) in [5.74, 6) is -3.01. The van der Waals surface area contributed by atoms with E-state index in [1.807, 2.05) is 6.92 Å². The van der Waals surface area contributed by atoms with Crippen molar-refractivity contribution >= 4 is 12.6 Å². The van der Waals surface area contributed by atoms with Crippen LogP contribution >= 0.6 is 12.6 Å². The molecule has 1 nitrogen and oxygen atoms in total. The van der Waals surface area contributed by atoms with Crippen molar-refractivity contribution in [3.05, 3.63) is 0 Å². The molecule has 6 heteroatoms. The van der Waals surface area contributed by atoms with Crippen molar-refractivity contribution in [2.24, 2.45) is 5.92 Å². The number of rotatable bonds is 8. The molecule has 0 aliphatic carbocycles. The summed E-state index contributed by atoms with van der Waals surface area (Å²) in [5.41, 5.74) is 0. The van der Waals surface area contributed by atoms with Crippen molar-refractivity contribution in [2.75, 3.05) is 19.0 Å². The van der Waals surface area contributed by atoms with E-state index in [1.54, 1.807) is 0 Å². The van der Waals surface area contributed by atoms with Crippen LogP contribution < -0.4 is 0 Å². The average molecular weight is 248 g/mol. The van der Waals surface area contributed by atoms with Crippen LogP contribution in [-0.4, -0.2) is 31.3 Å². The van der Waals surface area contributed by atoms with Crippen LogP contribution in [0.4, 0.5) is 17.6 Å². The number of thiol groups is 1. The summed E-state index contributed by atoms with van der Waals surface area (Å²) in [6.45, 7) is 0.806. The summed E-state index contributed by atoms with van der Waals surface area (Å²) < 4.78 is 52.5. The second kappa shape index (κ2) is 7.33. The number of hydrogen-bond donors (Lipinski definition) is 1. The van der Waals surface area contributed by atoms with Crippen molar-refractivity contribution in [2.45, 2.75) is 32.1 Å². The molecule has 0 spiro atoms. The molecule has 0 fully saturated rings. The standard InChI is InChI=1S/C9H16F4OS/c1-7(3-5-15)2-4-14-6-9(12,13)8(10)11/h7-8,15H,2-6H2,1H3. The second-order valence-corrected chi connectivity index (χ2v) is 3.97. The Morgan fingerprint density at radius 3 is 2.33 bits per heavy atom. The lowest BCUT2D eigenvalue weighted by Crippen LogP contribution is -2.32. The first-order valence-electron chi connectivity index (χ1n) is 4.74. The molecule has 92 valence electrons. The third-order valence-corrected chi connectivity index (χ3v) is 2.25. The summed E-state index contributed by atoms with van der Waals surface area (Å²) in [6, 6.07) is 0. The molecule has 0 saturated carbocycles. The summed E-state index contributed by atoms with van der Waals surface area (Å²) in [5, 5.41) is 0. The number of ether oxygens (including phenoxy) is 1. The van der Waals surface area contributed by atoms with Gasteiger partial charge in [0, 0.05) is 6.61 Å². The largest absolute Gasteiger partial charge is 0.375 e. The lowest BCUT2D eigenvalue weighted by molar-refractivity contribution is -0.166. The third kappa shape index (κ3) is 7.00. The molecule has 0 amide bonds. The molecule has 0 aromatic rings. The van der Waals surface area contributed by atoms with Gasteiger partial charge >= 0.3 is 12.3 Å². The van der Waals surface area contributed by atoms with Crippen LogP contribution in [0.2, 0.25) is 0 Å². The minimum absolute atomic E-state index is 0.0806. The predicted molar refractivity (Wildman–Crippen MR) is 54.0 cm³/mol. The van der Waals surface area contributed by atoms with Gasteiger partial charge in [-0.25, -0.2) is 8.78 Å². The van der Waals surface area contributed by atoms with E-state index in [0.29, 0.717) is 18.1 Å². The predicted octanol–water partition coefficient (Wildman–Crippen LogP) is 3.25. The molecule has 0 aliphatic rings. The van der Waals surface area contributed by atoms with Gasteiger partial charge in [0.05, 0.1) is 0 Å². The van der Waals surface area contributed by atoms with Gasteiger partial charge in [0.25, 0.3) is 0 Å². The highest BCUT2D eigenvalue weighted by molar-refractivity contribution is 7.80. The zero-order chi connectivity index (χ0) is 11.9. The van der Waals surface area contributed by atoms with E-state index in [2.05, 4.69) is 17.4 Å². The highest BCUT2D eigenvalue weighted by Gasteiger charge is 2.40. The first-order valence-corrected chi connectivity index (χ1v) is 5.38. The molecule has 0 bridgehead atoms. The van der Waals surface area contributed by atoms with Crippen molar-refractivity contribution in [1.29, 1.82) is 0 Å². The first-order chi connectivity index (χ1) is 6.90. The Hall–Kier alpha value is 0.0300. The minimum atomic E-state index is -4.03. The molecule has 1 atom stereocenters. The summed E-state index contributed by atoms with van der Waals surface area (Å²) in [4.78, 5) is 0. The van der Waals surface area contributed by atoms with E-state index < -0.39 is 19.0 Å². The fourth-order valence-corrected chi connectivity index (χ4v) is 1.36. The van der Waals surface area contributed by atoms with Gasteiger partial charge in [-0.05, 0) is 24.5 Å². The maximum Gasteiger partial charge on any atom is 0.330 e.